The molecule has 0 N–H and O–H groups in total. The van der Waals surface area contributed by atoms with E-state index >= 15 is 0 Å². The predicted octanol–water partition coefficient (Wildman–Crippen LogP) is 2.68. The van der Waals surface area contributed by atoms with Gasteiger partial charge in [0.15, 0.2) is 0 Å². The minimum Gasteiger partial charge on any atom is -1.00 e. The Morgan fingerprint density at radius 2 is 1.52 bits per heavy atom. The number of likely N-dealkylation sites (N-methyl/N-ethyl adjacent to an activating group) is 1. The van der Waals surface area contributed by atoms with Crippen molar-refractivity contribution in [3.8, 4) is 0 Å². The van der Waals surface area contributed by atoms with Gasteiger partial charge in [0.2, 0.25) is 0 Å². The number of halogens is 1. The number of hydrogen-bond donors (Lipinski definition) is 0. The van der Waals surface area contributed by atoms with Crippen molar-refractivity contribution >= 4 is 11.8 Å². The van der Waals surface area contributed by atoms with Gasteiger partial charge in [-0.15, -0.1) is 11.8 Å². The second kappa shape index (κ2) is 9.94. The van der Waals surface area contributed by atoms with Gasteiger partial charge in [-0.05, 0) is 22.8 Å². The molecule has 0 aliphatic carbocycles. The van der Waals surface area contributed by atoms with Crippen LogP contribution in [0.1, 0.15) is 28.4 Å². The summed E-state index contributed by atoms with van der Waals surface area (Å²) in [4.78, 5) is 1.33. The fraction of sp³-hybridized carbons (Fsp3) is 0.280. The lowest BCUT2D eigenvalue weighted by molar-refractivity contribution is -0.904. The molecule has 3 aromatic carbocycles. The third-order valence-electron chi connectivity index (χ3n) is 5.36. The Hall–Kier alpha value is -1.59. The molecular formula is C25H28BrNOS. The van der Waals surface area contributed by atoms with Crippen LogP contribution < -0.4 is 17.0 Å². The summed E-state index contributed by atoms with van der Waals surface area (Å²) in [6.45, 7) is 2.72. The van der Waals surface area contributed by atoms with Crippen LogP contribution in [0.4, 0.5) is 0 Å². The maximum Gasteiger partial charge on any atom is 0.109 e. The van der Waals surface area contributed by atoms with Gasteiger partial charge in [-0.1, -0.05) is 72.8 Å². The van der Waals surface area contributed by atoms with Crippen molar-refractivity contribution in [2.75, 3.05) is 27.2 Å². The van der Waals surface area contributed by atoms with Crippen molar-refractivity contribution in [3.05, 3.63) is 101 Å². The summed E-state index contributed by atoms with van der Waals surface area (Å²) in [5.41, 5.74) is 5.36. The number of nitrogens with zero attached hydrogens (tertiary/aromatic N) is 1. The fourth-order valence-electron chi connectivity index (χ4n) is 3.83. The molecule has 0 fully saturated rings. The average Bonchev–Trinajstić information content (AvgIpc) is 2.86. The molecule has 29 heavy (non-hydrogen) atoms. The number of fused-ring (bicyclic) bond motifs is 2. The van der Waals surface area contributed by atoms with E-state index in [4.69, 9.17) is 4.74 Å². The van der Waals surface area contributed by atoms with Gasteiger partial charge in [0.25, 0.3) is 0 Å². The van der Waals surface area contributed by atoms with Crippen molar-refractivity contribution in [1.82, 2.24) is 0 Å². The maximum absolute atomic E-state index is 6.56. The van der Waals surface area contributed by atoms with E-state index in [1.807, 2.05) is 11.8 Å². The minimum absolute atomic E-state index is 0. The van der Waals surface area contributed by atoms with Crippen LogP contribution in [0.3, 0.4) is 0 Å². The van der Waals surface area contributed by atoms with Crippen LogP contribution in [0.15, 0.2) is 83.8 Å². The number of quaternary nitrogens is 1. The van der Waals surface area contributed by atoms with E-state index in [0.29, 0.717) is 0 Å². The monoisotopic (exact) mass is 469 g/mol. The number of hydrogen-bond acceptors (Lipinski definition) is 2. The summed E-state index contributed by atoms with van der Waals surface area (Å²) in [5.74, 6) is 1.00. The first-order valence-electron chi connectivity index (χ1n) is 9.89. The van der Waals surface area contributed by atoms with Crippen molar-refractivity contribution in [3.63, 3.8) is 0 Å². The van der Waals surface area contributed by atoms with Gasteiger partial charge >= 0.3 is 0 Å². The first-order valence-corrected chi connectivity index (χ1v) is 10.9. The van der Waals surface area contributed by atoms with Crippen molar-refractivity contribution in [1.29, 1.82) is 0 Å². The third kappa shape index (κ3) is 5.52. The van der Waals surface area contributed by atoms with Crippen molar-refractivity contribution in [2.24, 2.45) is 0 Å². The highest BCUT2D eigenvalue weighted by molar-refractivity contribution is 7.98. The van der Waals surface area contributed by atoms with Crippen LogP contribution in [0, 0.1) is 0 Å². The molecule has 2 nitrogen and oxygen atoms in total. The molecule has 1 heterocycles. The Kier molecular flexibility index (Phi) is 7.58. The van der Waals surface area contributed by atoms with Gasteiger partial charge in [0, 0.05) is 16.2 Å². The van der Waals surface area contributed by atoms with E-state index in [-0.39, 0.29) is 23.1 Å². The molecule has 0 saturated carbocycles. The summed E-state index contributed by atoms with van der Waals surface area (Å²) in [6, 6.07) is 28.1. The van der Waals surface area contributed by atoms with E-state index in [9.17, 15) is 0 Å². The lowest BCUT2D eigenvalue weighted by Crippen LogP contribution is -3.00. The highest BCUT2D eigenvalue weighted by Gasteiger charge is 2.25. The number of thioether (sulfide) groups is 1. The molecule has 1 unspecified atom stereocenters. The van der Waals surface area contributed by atoms with Crippen LogP contribution in [-0.4, -0.2) is 31.7 Å². The normalized spacial score (nSPS) is 15.6. The summed E-state index contributed by atoms with van der Waals surface area (Å²) in [6.07, 6.45) is 0.0131. The van der Waals surface area contributed by atoms with Crippen LogP contribution in [-0.2, 0) is 17.0 Å². The first kappa shape index (κ1) is 22.1. The van der Waals surface area contributed by atoms with E-state index in [2.05, 4.69) is 93.0 Å². The van der Waals surface area contributed by atoms with Crippen molar-refractivity contribution < 1.29 is 26.2 Å². The summed E-state index contributed by atoms with van der Waals surface area (Å²) >= 11 is 1.91. The first-order chi connectivity index (χ1) is 13.6. The van der Waals surface area contributed by atoms with Gasteiger partial charge in [0.1, 0.15) is 19.2 Å². The standard InChI is InChI=1S/C25H28NOS.BrH/c1-26(2,18-20-10-4-3-5-11-20)16-17-27-25-22-13-7-6-12-21(22)19-28-24-15-9-8-14-23(24)25;/h3-15,25H,16-19H2,1-2H3;1H/q+1;/p-1. The smallest absolute Gasteiger partial charge is 0.109 e. The van der Waals surface area contributed by atoms with Crippen molar-refractivity contribution in [2.45, 2.75) is 23.3 Å². The van der Waals surface area contributed by atoms with Gasteiger partial charge in [0.05, 0.1) is 20.7 Å². The predicted molar refractivity (Wildman–Crippen MR) is 117 cm³/mol. The zero-order valence-corrected chi connectivity index (χ0v) is 19.5. The molecule has 0 amide bonds. The summed E-state index contributed by atoms with van der Waals surface area (Å²) < 4.78 is 7.47. The van der Waals surface area contributed by atoms with Crippen LogP contribution in [0.2, 0.25) is 0 Å². The number of benzene rings is 3. The summed E-state index contributed by atoms with van der Waals surface area (Å²) in [7, 11) is 4.56. The molecule has 0 spiro atoms. The zero-order valence-electron chi connectivity index (χ0n) is 17.1. The van der Waals surface area contributed by atoms with Gasteiger partial charge in [-0.3, -0.25) is 0 Å². The maximum atomic E-state index is 6.56. The highest BCUT2D eigenvalue weighted by atomic mass is 79.9. The molecule has 1 aliphatic heterocycles. The second-order valence-electron chi connectivity index (χ2n) is 8.08. The topological polar surface area (TPSA) is 9.23 Å². The Bertz CT molecular complexity index is 881. The molecule has 3 aromatic rings. The Morgan fingerprint density at radius 3 is 2.31 bits per heavy atom. The van der Waals surface area contributed by atoms with E-state index in [1.54, 1.807) is 0 Å². The van der Waals surface area contributed by atoms with E-state index < -0.39 is 0 Å². The lowest BCUT2D eigenvalue weighted by atomic mass is 9.97. The van der Waals surface area contributed by atoms with Crippen LogP contribution in [0.5, 0.6) is 0 Å². The minimum atomic E-state index is 0. The molecule has 4 rings (SSSR count). The number of rotatable bonds is 6. The van der Waals surface area contributed by atoms with Gasteiger partial charge in [-0.25, -0.2) is 0 Å². The Balaban J connectivity index is 0.00000240. The molecule has 4 heteroatoms. The Labute approximate surface area is 189 Å². The quantitative estimate of drug-likeness (QED) is 0.513. The molecule has 1 aliphatic rings. The number of ether oxygens (including phenoxy) is 1. The highest BCUT2D eigenvalue weighted by Crippen LogP contribution is 2.40. The average molecular weight is 470 g/mol. The molecule has 0 saturated heterocycles. The molecular weight excluding hydrogens is 442 g/mol. The van der Waals surface area contributed by atoms with Crippen LogP contribution in [0.25, 0.3) is 0 Å². The van der Waals surface area contributed by atoms with E-state index in [0.717, 1.165) is 29.9 Å². The lowest BCUT2D eigenvalue weighted by Gasteiger charge is -2.31. The molecule has 0 bridgehead atoms. The second-order valence-corrected chi connectivity index (χ2v) is 9.10. The third-order valence-corrected chi connectivity index (χ3v) is 6.49. The molecule has 0 aromatic heterocycles. The molecule has 1 atom stereocenters. The van der Waals surface area contributed by atoms with E-state index in [1.165, 1.54) is 27.1 Å². The fourth-order valence-corrected chi connectivity index (χ4v) is 4.92. The molecule has 152 valence electrons. The zero-order chi connectivity index (χ0) is 19.4. The van der Waals surface area contributed by atoms with Gasteiger partial charge < -0.3 is 26.2 Å². The molecule has 0 radical (unpaired) electrons. The van der Waals surface area contributed by atoms with Crippen LogP contribution >= 0.6 is 11.8 Å². The largest absolute Gasteiger partial charge is 1.00 e. The summed E-state index contributed by atoms with van der Waals surface area (Å²) in [5, 5.41) is 0. The Morgan fingerprint density at radius 1 is 0.862 bits per heavy atom. The SMILES string of the molecule is C[N+](C)(CCOC1c2ccccc2CSc2ccccc21)Cc1ccccc1.[Br-]. The van der Waals surface area contributed by atoms with Gasteiger partial charge in [-0.2, -0.15) is 0 Å².